The molecule has 0 saturated carbocycles. The standard InChI is InChI=1S/C23H24N4O/c1-16-6-9-20-21(12-16)26-23(25-20)18(15-24)13-17-7-8-19(14-22(17)28-2)27-10-4-3-5-11-27/h6-9,12-14H,3-5,10-11H2,1-2H3,(H,25,26)/b18-13-. The number of benzene rings is 2. The van der Waals surface area contributed by atoms with Crippen LogP contribution in [0.2, 0.25) is 0 Å². The normalized spacial score (nSPS) is 14.9. The maximum absolute atomic E-state index is 9.72. The van der Waals surface area contributed by atoms with E-state index in [0.717, 1.165) is 41.0 Å². The van der Waals surface area contributed by atoms with Gasteiger partial charge in [-0.3, -0.25) is 0 Å². The van der Waals surface area contributed by atoms with Gasteiger partial charge in [-0.25, -0.2) is 4.98 Å². The van der Waals surface area contributed by atoms with Gasteiger partial charge in [0.25, 0.3) is 0 Å². The Kier molecular flexibility index (Phi) is 5.03. The second-order valence-electron chi connectivity index (χ2n) is 7.25. The van der Waals surface area contributed by atoms with Crippen molar-refractivity contribution in [1.29, 1.82) is 5.26 Å². The molecule has 0 radical (unpaired) electrons. The number of anilines is 1. The molecule has 1 aromatic heterocycles. The number of ether oxygens (including phenoxy) is 1. The first-order valence-corrected chi connectivity index (χ1v) is 9.69. The summed E-state index contributed by atoms with van der Waals surface area (Å²) in [7, 11) is 1.67. The summed E-state index contributed by atoms with van der Waals surface area (Å²) in [5.74, 6) is 1.34. The molecule has 0 spiro atoms. The molecule has 1 fully saturated rings. The van der Waals surface area contributed by atoms with Gasteiger partial charge in [-0.15, -0.1) is 0 Å². The molecule has 1 aliphatic heterocycles. The second kappa shape index (κ2) is 7.77. The number of fused-ring (bicyclic) bond motifs is 1. The number of allylic oxidation sites excluding steroid dienone is 1. The highest BCUT2D eigenvalue weighted by Gasteiger charge is 2.14. The summed E-state index contributed by atoms with van der Waals surface area (Å²) >= 11 is 0. The summed E-state index contributed by atoms with van der Waals surface area (Å²) in [6.45, 7) is 4.20. The Hall–Kier alpha value is -3.26. The molecule has 4 rings (SSSR count). The number of hydrogen-bond donors (Lipinski definition) is 1. The Morgan fingerprint density at radius 1 is 1.18 bits per heavy atom. The van der Waals surface area contributed by atoms with E-state index in [4.69, 9.17) is 4.74 Å². The Morgan fingerprint density at radius 2 is 2.00 bits per heavy atom. The quantitative estimate of drug-likeness (QED) is 0.659. The third-order valence-corrected chi connectivity index (χ3v) is 5.25. The number of aromatic amines is 1. The second-order valence-corrected chi connectivity index (χ2v) is 7.25. The number of imidazole rings is 1. The monoisotopic (exact) mass is 372 g/mol. The summed E-state index contributed by atoms with van der Waals surface area (Å²) in [6.07, 6.45) is 5.60. The Balaban J connectivity index is 1.69. The Bertz CT molecular complexity index is 1070. The smallest absolute Gasteiger partial charge is 0.149 e. The van der Waals surface area contributed by atoms with E-state index >= 15 is 0 Å². The van der Waals surface area contributed by atoms with Gasteiger partial charge in [0, 0.05) is 30.4 Å². The van der Waals surface area contributed by atoms with Crippen molar-refractivity contribution in [3.8, 4) is 11.8 Å². The van der Waals surface area contributed by atoms with Crippen LogP contribution in [0, 0.1) is 18.3 Å². The van der Waals surface area contributed by atoms with Crippen molar-refractivity contribution in [2.45, 2.75) is 26.2 Å². The number of nitrogens with one attached hydrogen (secondary N) is 1. The van der Waals surface area contributed by atoms with Crippen molar-refractivity contribution in [2.24, 2.45) is 0 Å². The summed E-state index contributed by atoms with van der Waals surface area (Å²) < 4.78 is 5.62. The minimum absolute atomic E-state index is 0.484. The highest BCUT2D eigenvalue weighted by Crippen LogP contribution is 2.30. The lowest BCUT2D eigenvalue weighted by Gasteiger charge is -2.29. The third-order valence-electron chi connectivity index (χ3n) is 5.25. The lowest BCUT2D eigenvalue weighted by molar-refractivity contribution is 0.413. The zero-order valence-electron chi connectivity index (χ0n) is 16.3. The van der Waals surface area contributed by atoms with Crippen molar-refractivity contribution >= 4 is 28.4 Å². The van der Waals surface area contributed by atoms with E-state index in [-0.39, 0.29) is 0 Å². The van der Waals surface area contributed by atoms with Crippen molar-refractivity contribution < 1.29 is 4.74 Å². The van der Waals surface area contributed by atoms with Crippen LogP contribution in [0.25, 0.3) is 22.7 Å². The number of nitrogens with zero attached hydrogens (tertiary/aromatic N) is 3. The molecule has 0 bridgehead atoms. The van der Waals surface area contributed by atoms with Crippen molar-refractivity contribution in [3.63, 3.8) is 0 Å². The number of methoxy groups -OCH3 is 1. The summed E-state index contributed by atoms with van der Waals surface area (Å²) in [5, 5.41) is 9.72. The number of nitriles is 1. The molecule has 5 heteroatoms. The van der Waals surface area contributed by atoms with E-state index < -0.39 is 0 Å². The molecule has 0 amide bonds. The number of piperidine rings is 1. The van der Waals surface area contributed by atoms with Crippen LogP contribution < -0.4 is 9.64 Å². The molecule has 0 atom stereocenters. The Labute approximate surface area is 165 Å². The van der Waals surface area contributed by atoms with Gasteiger partial charge < -0.3 is 14.6 Å². The van der Waals surface area contributed by atoms with Crippen LogP contribution in [-0.4, -0.2) is 30.2 Å². The largest absolute Gasteiger partial charge is 0.496 e. The first kappa shape index (κ1) is 18.1. The minimum atomic E-state index is 0.484. The molecule has 2 heterocycles. The summed E-state index contributed by atoms with van der Waals surface area (Å²) in [4.78, 5) is 10.2. The molecule has 1 N–H and O–H groups in total. The average Bonchev–Trinajstić information content (AvgIpc) is 3.15. The predicted molar refractivity (Wildman–Crippen MR) is 113 cm³/mol. The van der Waals surface area contributed by atoms with Gasteiger partial charge >= 0.3 is 0 Å². The molecule has 1 saturated heterocycles. The van der Waals surface area contributed by atoms with Crippen LogP contribution in [0.3, 0.4) is 0 Å². The van der Waals surface area contributed by atoms with Crippen LogP contribution in [0.15, 0.2) is 36.4 Å². The van der Waals surface area contributed by atoms with E-state index in [9.17, 15) is 5.26 Å². The Morgan fingerprint density at radius 3 is 2.75 bits per heavy atom. The van der Waals surface area contributed by atoms with Gasteiger partial charge in [-0.2, -0.15) is 5.26 Å². The van der Waals surface area contributed by atoms with Crippen LogP contribution in [-0.2, 0) is 0 Å². The maximum Gasteiger partial charge on any atom is 0.149 e. The van der Waals surface area contributed by atoms with Crippen molar-refractivity contribution in [1.82, 2.24) is 9.97 Å². The van der Waals surface area contributed by atoms with Gasteiger partial charge in [-0.1, -0.05) is 6.07 Å². The molecule has 0 aliphatic carbocycles. The maximum atomic E-state index is 9.72. The van der Waals surface area contributed by atoms with Gasteiger partial charge in [0.2, 0.25) is 0 Å². The first-order chi connectivity index (χ1) is 13.7. The van der Waals surface area contributed by atoms with Crippen LogP contribution in [0.1, 0.15) is 36.2 Å². The fraction of sp³-hybridized carbons (Fsp3) is 0.304. The number of rotatable bonds is 4. The molecule has 2 aromatic carbocycles. The van der Waals surface area contributed by atoms with Crippen molar-refractivity contribution in [3.05, 3.63) is 53.3 Å². The number of aromatic nitrogens is 2. The number of aryl methyl sites for hydroxylation is 1. The van der Waals surface area contributed by atoms with Crippen molar-refractivity contribution in [2.75, 3.05) is 25.1 Å². The lowest BCUT2D eigenvalue weighted by Crippen LogP contribution is -2.29. The average molecular weight is 372 g/mol. The van der Waals surface area contributed by atoms with Crippen LogP contribution >= 0.6 is 0 Å². The molecule has 28 heavy (non-hydrogen) atoms. The van der Waals surface area contributed by atoms with Crippen LogP contribution in [0.5, 0.6) is 5.75 Å². The molecule has 142 valence electrons. The highest BCUT2D eigenvalue weighted by atomic mass is 16.5. The fourth-order valence-electron chi connectivity index (χ4n) is 3.73. The van der Waals surface area contributed by atoms with E-state index in [2.05, 4.69) is 33.1 Å². The van der Waals surface area contributed by atoms with Gasteiger partial charge in [-0.05, 0) is 62.1 Å². The zero-order chi connectivity index (χ0) is 19.5. The summed E-state index contributed by atoms with van der Waals surface area (Å²) in [5.41, 5.74) is 5.47. The van der Waals surface area contributed by atoms with E-state index in [1.165, 1.54) is 24.9 Å². The van der Waals surface area contributed by atoms with Gasteiger partial charge in [0.15, 0.2) is 0 Å². The van der Waals surface area contributed by atoms with Gasteiger partial charge in [0.1, 0.15) is 17.6 Å². The van der Waals surface area contributed by atoms with E-state index in [1.54, 1.807) is 7.11 Å². The zero-order valence-corrected chi connectivity index (χ0v) is 16.3. The fourth-order valence-corrected chi connectivity index (χ4v) is 3.73. The first-order valence-electron chi connectivity index (χ1n) is 9.69. The third kappa shape index (κ3) is 3.59. The molecule has 1 aliphatic rings. The van der Waals surface area contributed by atoms with Gasteiger partial charge in [0.05, 0.1) is 23.7 Å². The molecule has 3 aromatic rings. The topological polar surface area (TPSA) is 64.9 Å². The predicted octanol–water partition coefficient (Wildman–Crippen LogP) is 4.93. The lowest BCUT2D eigenvalue weighted by atomic mass is 10.1. The molecule has 5 nitrogen and oxygen atoms in total. The molecular formula is C23H24N4O. The highest BCUT2D eigenvalue weighted by molar-refractivity contribution is 5.91. The van der Waals surface area contributed by atoms with Crippen LogP contribution in [0.4, 0.5) is 5.69 Å². The van der Waals surface area contributed by atoms with E-state index in [0.29, 0.717) is 11.4 Å². The SMILES string of the molecule is COc1cc(N2CCCCC2)ccc1/C=C(/C#N)c1nc2ccc(C)cc2[nH]1. The molecular weight excluding hydrogens is 348 g/mol. The number of H-pyrrole nitrogens is 1. The number of hydrogen-bond acceptors (Lipinski definition) is 4. The van der Waals surface area contributed by atoms with E-state index in [1.807, 2.05) is 37.3 Å². The summed E-state index contributed by atoms with van der Waals surface area (Å²) in [6, 6.07) is 14.5. The molecule has 0 unspecified atom stereocenters. The minimum Gasteiger partial charge on any atom is -0.496 e.